The van der Waals surface area contributed by atoms with Gasteiger partial charge in [0.15, 0.2) is 0 Å². The molecule has 0 radical (unpaired) electrons. The Hall–Kier alpha value is -2.37. The summed E-state index contributed by atoms with van der Waals surface area (Å²) in [6.45, 7) is 1.60. The molecule has 22 heavy (non-hydrogen) atoms. The number of carbonyl (C=O) groups excluding carboxylic acids is 2. The van der Waals surface area contributed by atoms with E-state index < -0.39 is 18.4 Å². The average Bonchev–Trinajstić information content (AvgIpc) is 2.45. The van der Waals surface area contributed by atoms with Crippen molar-refractivity contribution in [2.45, 2.75) is 32.6 Å². The number of amides is 2. The number of carbonyl (C=O) groups is 3. The van der Waals surface area contributed by atoms with E-state index in [0.29, 0.717) is 11.3 Å². The normalized spacial score (nSPS) is 15.5. The number of anilines is 1. The van der Waals surface area contributed by atoms with Crippen LogP contribution in [0, 0.1) is 5.41 Å². The zero-order valence-electron chi connectivity index (χ0n) is 12.5. The molecule has 1 aliphatic carbocycles. The minimum absolute atomic E-state index is 0.0318. The molecule has 0 bridgehead atoms. The first kappa shape index (κ1) is 16.0. The van der Waals surface area contributed by atoms with Crippen molar-refractivity contribution in [1.82, 2.24) is 5.32 Å². The summed E-state index contributed by atoms with van der Waals surface area (Å²) in [6.07, 6.45) is 3.76. The van der Waals surface area contributed by atoms with Crippen LogP contribution >= 0.6 is 0 Å². The van der Waals surface area contributed by atoms with E-state index in [-0.39, 0.29) is 11.3 Å². The molecular weight excluding hydrogens is 284 g/mol. The van der Waals surface area contributed by atoms with Crippen molar-refractivity contribution < 1.29 is 19.5 Å². The minimum Gasteiger partial charge on any atom is -0.480 e. The van der Waals surface area contributed by atoms with Crippen LogP contribution in [0.5, 0.6) is 0 Å². The van der Waals surface area contributed by atoms with Crippen molar-refractivity contribution in [2.75, 3.05) is 11.9 Å². The zero-order valence-corrected chi connectivity index (χ0v) is 12.5. The van der Waals surface area contributed by atoms with Gasteiger partial charge < -0.3 is 15.7 Å². The van der Waals surface area contributed by atoms with Crippen molar-refractivity contribution in [3.8, 4) is 0 Å². The molecule has 118 valence electrons. The lowest BCUT2D eigenvalue weighted by Gasteiger charge is -2.39. The molecule has 6 heteroatoms. The van der Waals surface area contributed by atoms with Crippen molar-refractivity contribution >= 4 is 23.5 Å². The maximum absolute atomic E-state index is 12.3. The lowest BCUT2D eigenvalue weighted by Crippen LogP contribution is -2.41. The Morgan fingerprint density at radius 3 is 2.27 bits per heavy atom. The van der Waals surface area contributed by atoms with Gasteiger partial charge in [-0.2, -0.15) is 0 Å². The van der Waals surface area contributed by atoms with Gasteiger partial charge in [-0.3, -0.25) is 14.4 Å². The molecule has 1 fully saturated rings. The van der Waals surface area contributed by atoms with Crippen LogP contribution < -0.4 is 10.6 Å². The standard InChI is InChI=1S/C16H20N2O4/c1-2-16(8-3-9-16)15(22)18-12-6-4-11(5-7-12)14(21)17-10-13(19)20/h4-7H,2-3,8-10H2,1H3,(H,17,21)(H,18,22)(H,19,20). The third-order valence-electron chi connectivity index (χ3n) is 4.27. The van der Waals surface area contributed by atoms with Gasteiger partial charge in [-0.05, 0) is 43.5 Å². The van der Waals surface area contributed by atoms with Gasteiger partial charge in [0.2, 0.25) is 5.91 Å². The Bertz CT molecular complexity index is 571. The van der Waals surface area contributed by atoms with E-state index in [1.807, 2.05) is 6.92 Å². The summed E-state index contributed by atoms with van der Waals surface area (Å²) in [4.78, 5) is 34.4. The van der Waals surface area contributed by atoms with Gasteiger partial charge in [-0.15, -0.1) is 0 Å². The van der Waals surface area contributed by atoms with Crippen LogP contribution in [0.4, 0.5) is 5.69 Å². The first-order valence-corrected chi connectivity index (χ1v) is 7.38. The van der Waals surface area contributed by atoms with E-state index in [1.165, 1.54) is 0 Å². The second kappa shape index (κ2) is 6.60. The van der Waals surface area contributed by atoms with Crippen LogP contribution in [-0.4, -0.2) is 29.4 Å². The maximum atomic E-state index is 12.3. The molecule has 0 atom stereocenters. The summed E-state index contributed by atoms with van der Waals surface area (Å²) in [5.41, 5.74) is 0.755. The number of aliphatic carboxylic acids is 1. The molecule has 1 aromatic rings. The third-order valence-corrected chi connectivity index (χ3v) is 4.27. The third kappa shape index (κ3) is 3.44. The molecule has 0 aromatic heterocycles. The monoisotopic (exact) mass is 304 g/mol. The van der Waals surface area contributed by atoms with E-state index in [0.717, 1.165) is 25.7 Å². The molecule has 1 aromatic carbocycles. The number of nitrogens with one attached hydrogen (secondary N) is 2. The Kier molecular flexibility index (Phi) is 4.80. The highest BCUT2D eigenvalue weighted by Crippen LogP contribution is 2.44. The SMILES string of the molecule is CCC1(C(=O)Nc2ccc(C(=O)NCC(=O)O)cc2)CCC1. The fraction of sp³-hybridized carbons (Fsp3) is 0.438. The molecule has 6 nitrogen and oxygen atoms in total. The summed E-state index contributed by atoms with van der Waals surface area (Å²) in [7, 11) is 0. The number of carboxylic acid groups (broad SMARTS) is 1. The van der Waals surface area contributed by atoms with Gasteiger partial charge in [0.05, 0.1) is 0 Å². The fourth-order valence-corrected chi connectivity index (χ4v) is 2.57. The first-order chi connectivity index (χ1) is 10.5. The molecule has 0 spiro atoms. The van der Waals surface area contributed by atoms with Gasteiger partial charge in [0, 0.05) is 16.7 Å². The van der Waals surface area contributed by atoms with Gasteiger partial charge in [-0.1, -0.05) is 13.3 Å². The van der Waals surface area contributed by atoms with E-state index in [9.17, 15) is 14.4 Å². The van der Waals surface area contributed by atoms with Crippen LogP contribution in [-0.2, 0) is 9.59 Å². The number of rotatable bonds is 6. The topological polar surface area (TPSA) is 95.5 Å². The van der Waals surface area contributed by atoms with E-state index in [1.54, 1.807) is 24.3 Å². The molecule has 0 saturated heterocycles. The van der Waals surface area contributed by atoms with E-state index >= 15 is 0 Å². The van der Waals surface area contributed by atoms with Gasteiger partial charge in [0.25, 0.3) is 5.91 Å². The Morgan fingerprint density at radius 2 is 1.82 bits per heavy atom. The number of hydrogen-bond donors (Lipinski definition) is 3. The van der Waals surface area contributed by atoms with Crippen LogP contribution in [0.25, 0.3) is 0 Å². The smallest absolute Gasteiger partial charge is 0.322 e. The Morgan fingerprint density at radius 1 is 1.18 bits per heavy atom. The predicted molar refractivity (Wildman–Crippen MR) is 81.6 cm³/mol. The maximum Gasteiger partial charge on any atom is 0.322 e. The molecule has 2 amide bonds. The van der Waals surface area contributed by atoms with Crippen molar-refractivity contribution in [2.24, 2.45) is 5.41 Å². The highest BCUT2D eigenvalue weighted by molar-refractivity contribution is 5.98. The summed E-state index contributed by atoms with van der Waals surface area (Å²) in [5, 5.41) is 13.7. The largest absolute Gasteiger partial charge is 0.480 e. The van der Waals surface area contributed by atoms with E-state index in [4.69, 9.17) is 5.11 Å². The summed E-state index contributed by atoms with van der Waals surface area (Å²) in [6, 6.07) is 6.42. The van der Waals surface area contributed by atoms with Gasteiger partial charge in [0.1, 0.15) is 6.54 Å². The van der Waals surface area contributed by atoms with Crippen molar-refractivity contribution in [3.05, 3.63) is 29.8 Å². The van der Waals surface area contributed by atoms with Gasteiger partial charge >= 0.3 is 5.97 Å². The highest BCUT2D eigenvalue weighted by atomic mass is 16.4. The number of benzene rings is 1. The number of carboxylic acids is 1. The average molecular weight is 304 g/mol. The molecule has 0 heterocycles. The van der Waals surface area contributed by atoms with Gasteiger partial charge in [-0.25, -0.2) is 0 Å². The molecule has 3 N–H and O–H groups in total. The summed E-state index contributed by atoms with van der Waals surface area (Å²) in [5.74, 6) is -1.52. The first-order valence-electron chi connectivity index (χ1n) is 7.38. The molecule has 0 unspecified atom stereocenters. The molecule has 1 saturated carbocycles. The second-order valence-corrected chi connectivity index (χ2v) is 5.60. The Balaban J connectivity index is 1.95. The predicted octanol–water partition coefficient (Wildman–Crippen LogP) is 2.02. The van der Waals surface area contributed by atoms with Crippen LogP contribution in [0.15, 0.2) is 24.3 Å². The highest BCUT2D eigenvalue weighted by Gasteiger charge is 2.42. The molecule has 0 aliphatic heterocycles. The number of hydrogen-bond acceptors (Lipinski definition) is 3. The summed E-state index contributed by atoms with van der Waals surface area (Å²) >= 11 is 0. The Labute approximate surface area is 128 Å². The molecule has 2 rings (SSSR count). The lowest BCUT2D eigenvalue weighted by atomic mass is 9.66. The van der Waals surface area contributed by atoms with E-state index in [2.05, 4.69) is 10.6 Å². The zero-order chi connectivity index (χ0) is 16.2. The quantitative estimate of drug-likeness (QED) is 0.749. The molecular formula is C16H20N2O4. The van der Waals surface area contributed by atoms with Crippen molar-refractivity contribution in [1.29, 1.82) is 0 Å². The van der Waals surface area contributed by atoms with Crippen LogP contribution in [0.2, 0.25) is 0 Å². The lowest BCUT2D eigenvalue weighted by molar-refractivity contribution is -0.135. The van der Waals surface area contributed by atoms with Crippen molar-refractivity contribution in [3.63, 3.8) is 0 Å². The van der Waals surface area contributed by atoms with Crippen LogP contribution in [0.3, 0.4) is 0 Å². The van der Waals surface area contributed by atoms with Crippen LogP contribution in [0.1, 0.15) is 43.0 Å². The summed E-state index contributed by atoms with van der Waals surface area (Å²) < 4.78 is 0. The molecule has 1 aliphatic rings. The minimum atomic E-state index is -1.09. The second-order valence-electron chi connectivity index (χ2n) is 5.60. The fourth-order valence-electron chi connectivity index (χ4n) is 2.57.